The summed E-state index contributed by atoms with van der Waals surface area (Å²) < 4.78 is 0.855. The molecule has 0 saturated heterocycles. The summed E-state index contributed by atoms with van der Waals surface area (Å²) in [5.74, 6) is 0.0948. The summed E-state index contributed by atoms with van der Waals surface area (Å²) in [5.41, 5.74) is 7.09. The van der Waals surface area contributed by atoms with Gasteiger partial charge in [-0.3, -0.25) is 4.79 Å². The molecule has 1 saturated carbocycles. The maximum Gasteiger partial charge on any atom is 0.254 e. The quantitative estimate of drug-likeness (QED) is 0.869. The molecule has 1 aromatic rings. The fraction of sp³-hybridized carbons (Fsp3) is 0.500. The van der Waals surface area contributed by atoms with E-state index in [1.807, 2.05) is 24.0 Å². The van der Waals surface area contributed by atoms with E-state index in [4.69, 9.17) is 5.73 Å². The third kappa shape index (κ3) is 2.86. The lowest BCUT2D eigenvalue weighted by Gasteiger charge is -2.28. The summed E-state index contributed by atoms with van der Waals surface area (Å²) in [6.07, 6.45) is 4.72. The normalized spacial score (nSPS) is 15.9. The molecule has 0 bridgehead atoms. The number of carbonyl (C=O) groups excluding carboxylic acids is 1. The standard InChI is InChI=1S/C14H19BrN2O/c1-2-17(13-5-3-4-6-13)14(18)10-7-11(15)9-12(16)8-10/h7-9,13H,2-6,16H2,1H3. The van der Waals surface area contributed by atoms with Crippen LogP contribution in [0.3, 0.4) is 0 Å². The molecule has 1 aliphatic carbocycles. The van der Waals surface area contributed by atoms with E-state index in [1.54, 1.807) is 6.07 Å². The third-order valence-electron chi connectivity index (χ3n) is 3.53. The Labute approximate surface area is 116 Å². The van der Waals surface area contributed by atoms with Crippen molar-refractivity contribution in [2.45, 2.75) is 38.6 Å². The Morgan fingerprint density at radius 1 is 1.39 bits per heavy atom. The first-order valence-electron chi connectivity index (χ1n) is 6.49. The van der Waals surface area contributed by atoms with Crippen LogP contribution in [0.5, 0.6) is 0 Å². The van der Waals surface area contributed by atoms with Crippen LogP contribution in [-0.2, 0) is 0 Å². The van der Waals surface area contributed by atoms with Crippen molar-refractivity contribution in [3.63, 3.8) is 0 Å². The first-order valence-corrected chi connectivity index (χ1v) is 7.28. The number of carbonyl (C=O) groups is 1. The Bertz CT molecular complexity index is 421. The van der Waals surface area contributed by atoms with Gasteiger partial charge in [0, 0.05) is 28.3 Å². The lowest BCUT2D eigenvalue weighted by molar-refractivity contribution is 0.0693. The molecule has 0 unspecified atom stereocenters. The average Bonchev–Trinajstić information content (AvgIpc) is 2.82. The van der Waals surface area contributed by atoms with Gasteiger partial charge in [0.05, 0.1) is 0 Å². The number of halogens is 1. The number of hydrogen-bond acceptors (Lipinski definition) is 2. The van der Waals surface area contributed by atoms with Gasteiger partial charge in [-0.05, 0) is 38.0 Å². The molecule has 0 radical (unpaired) electrons. The van der Waals surface area contributed by atoms with E-state index >= 15 is 0 Å². The zero-order valence-electron chi connectivity index (χ0n) is 10.7. The van der Waals surface area contributed by atoms with E-state index in [9.17, 15) is 4.79 Å². The van der Waals surface area contributed by atoms with Crippen LogP contribution >= 0.6 is 15.9 Å². The molecule has 3 nitrogen and oxygen atoms in total. The molecule has 2 N–H and O–H groups in total. The highest BCUT2D eigenvalue weighted by Gasteiger charge is 2.26. The summed E-state index contributed by atoms with van der Waals surface area (Å²) in [5, 5.41) is 0. The summed E-state index contributed by atoms with van der Waals surface area (Å²) >= 11 is 3.39. The zero-order chi connectivity index (χ0) is 13.1. The number of amides is 1. The first-order chi connectivity index (χ1) is 8.61. The van der Waals surface area contributed by atoms with Crippen LogP contribution in [-0.4, -0.2) is 23.4 Å². The zero-order valence-corrected chi connectivity index (χ0v) is 12.2. The van der Waals surface area contributed by atoms with Crippen molar-refractivity contribution in [1.82, 2.24) is 4.90 Å². The van der Waals surface area contributed by atoms with Gasteiger partial charge in [0.25, 0.3) is 5.91 Å². The molecule has 0 heterocycles. The fourth-order valence-corrected chi connectivity index (χ4v) is 3.20. The topological polar surface area (TPSA) is 46.3 Å². The van der Waals surface area contributed by atoms with Gasteiger partial charge in [0.2, 0.25) is 0 Å². The fourth-order valence-electron chi connectivity index (χ4n) is 2.69. The van der Waals surface area contributed by atoms with Crippen molar-refractivity contribution in [3.8, 4) is 0 Å². The number of benzene rings is 1. The Balaban J connectivity index is 2.22. The average molecular weight is 311 g/mol. The molecule has 1 aromatic carbocycles. The van der Waals surface area contributed by atoms with Crippen LogP contribution in [0, 0.1) is 0 Å². The van der Waals surface area contributed by atoms with Gasteiger partial charge in [-0.15, -0.1) is 0 Å². The molecule has 0 atom stereocenters. The van der Waals surface area contributed by atoms with Crippen LogP contribution in [0.25, 0.3) is 0 Å². The van der Waals surface area contributed by atoms with Crippen molar-refractivity contribution in [2.75, 3.05) is 12.3 Å². The van der Waals surface area contributed by atoms with E-state index in [0.717, 1.165) is 23.9 Å². The van der Waals surface area contributed by atoms with Crippen molar-refractivity contribution < 1.29 is 4.79 Å². The van der Waals surface area contributed by atoms with E-state index in [2.05, 4.69) is 15.9 Å². The number of nitrogens with zero attached hydrogens (tertiary/aromatic N) is 1. The van der Waals surface area contributed by atoms with Crippen molar-refractivity contribution in [2.24, 2.45) is 0 Å². The van der Waals surface area contributed by atoms with Crippen LogP contribution in [0.1, 0.15) is 43.0 Å². The molecule has 0 spiro atoms. The van der Waals surface area contributed by atoms with Gasteiger partial charge >= 0.3 is 0 Å². The largest absolute Gasteiger partial charge is 0.399 e. The van der Waals surface area contributed by atoms with Gasteiger partial charge in [0.1, 0.15) is 0 Å². The van der Waals surface area contributed by atoms with Crippen molar-refractivity contribution in [3.05, 3.63) is 28.2 Å². The number of nitrogens with two attached hydrogens (primary N) is 1. The molecule has 0 aliphatic heterocycles. The molecule has 1 amide bonds. The van der Waals surface area contributed by atoms with Gasteiger partial charge in [-0.2, -0.15) is 0 Å². The molecule has 18 heavy (non-hydrogen) atoms. The predicted molar refractivity (Wildman–Crippen MR) is 77.5 cm³/mol. The molecule has 98 valence electrons. The highest BCUT2D eigenvalue weighted by molar-refractivity contribution is 9.10. The smallest absolute Gasteiger partial charge is 0.254 e. The number of nitrogen functional groups attached to an aromatic ring is 1. The third-order valence-corrected chi connectivity index (χ3v) is 3.99. The van der Waals surface area contributed by atoms with Crippen molar-refractivity contribution in [1.29, 1.82) is 0 Å². The summed E-state index contributed by atoms with van der Waals surface area (Å²) in [6, 6.07) is 5.81. The number of hydrogen-bond donors (Lipinski definition) is 1. The Hall–Kier alpha value is -1.03. The van der Waals surface area contributed by atoms with Crippen LogP contribution in [0.4, 0.5) is 5.69 Å². The maximum atomic E-state index is 12.5. The molecule has 4 heteroatoms. The lowest BCUT2D eigenvalue weighted by atomic mass is 10.1. The lowest BCUT2D eigenvalue weighted by Crippen LogP contribution is -2.38. The number of rotatable bonds is 3. The highest BCUT2D eigenvalue weighted by Crippen LogP contribution is 2.26. The molecule has 1 fully saturated rings. The highest BCUT2D eigenvalue weighted by atomic mass is 79.9. The van der Waals surface area contributed by atoms with Gasteiger partial charge in [-0.25, -0.2) is 0 Å². The van der Waals surface area contributed by atoms with Crippen LogP contribution < -0.4 is 5.73 Å². The second kappa shape index (κ2) is 5.74. The monoisotopic (exact) mass is 310 g/mol. The summed E-state index contributed by atoms with van der Waals surface area (Å²) in [6.45, 7) is 2.80. The minimum absolute atomic E-state index is 0.0948. The molecule has 1 aliphatic rings. The summed E-state index contributed by atoms with van der Waals surface area (Å²) in [7, 11) is 0. The molecule has 0 aromatic heterocycles. The van der Waals surface area contributed by atoms with E-state index in [0.29, 0.717) is 17.3 Å². The second-order valence-electron chi connectivity index (χ2n) is 4.80. The van der Waals surface area contributed by atoms with Crippen LogP contribution in [0.2, 0.25) is 0 Å². The predicted octanol–water partition coefficient (Wildman–Crippen LogP) is 3.44. The van der Waals surface area contributed by atoms with E-state index in [1.165, 1.54) is 12.8 Å². The second-order valence-corrected chi connectivity index (χ2v) is 5.72. The van der Waals surface area contributed by atoms with Crippen molar-refractivity contribution >= 4 is 27.5 Å². The minimum atomic E-state index is 0.0948. The molecular formula is C14H19BrN2O. The molecule has 2 rings (SSSR count). The summed E-state index contributed by atoms with van der Waals surface area (Å²) in [4.78, 5) is 14.5. The van der Waals surface area contributed by atoms with Gasteiger partial charge in [0.15, 0.2) is 0 Å². The Kier molecular flexibility index (Phi) is 4.27. The molecular weight excluding hydrogens is 292 g/mol. The van der Waals surface area contributed by atoms with E-state index in [-0.39, 0.29) is 5.91 Å². The maximum absolute atomic E-state index is 12.5. The minimum Gasteiger partial charge on any atom is -0.399 e. The SMILES string of the molecule is CCN(C(=O)c1cc(N)cc(Br)c1)C1CCCC1. The first kappa shape index (κ1) is 13.4. The Morgan fingerprint density at radius 2 is 2.06 bits per heavy atom. The van der Waals surface area contributed by atoms with E-state index < -0.39 is 0 Å². The Morgan fingerprint density at radius 3 is 2.61 bits per heavy atom. The van der Waals surface area contributed by atoms with Gasteiger partial charge in [-0.1, -0.05) is 28.8 Å². The van der Waals surface area contributed by atoms with Crippen LogP contribution in [0.15, 0.2) is 22.7 Å². The number of anilines is 1. The van der Waals surface area contributed by atoms with Gasteiger partial charge < -0.3 is 10.6 Å².